The van der Waals surface area contributed by atoms with E-state index in [2.05, 4.69) is 4.74 Å². The van der Waals surface area contributed by atoms with Gasteiger partial charge in [-0.15, -0.1) is 11.6 Å². The third-order valence-electron chi connectivity index (χ3n) is 1.15. The number of hydrogen-bond acceptors (Lipinski definition) is 1. The maximum atomic E-state index is 11.6. The fourth-order valence-corrected chi connectivity index (χ4v) is 0.861. The molecule has 0 saturated carbocycles. The minimum Gasteiger partial charge on any atom is -0.447 e. The Morgan fingerprint density at radius 3 is 2.00 bits per heavy atom. The summed E-state index contributed by atoms with van der Waals surface area (Å²) in [4.78, 5) is 0. The third-order valence-corrected chi connectivity index (χ3v) is 1.45. The Hall–Kier alpha value is 1.74. The average Bonchev–Trinajstić information content (AvgIpc) is 2.39. The van der Waals surface area contributed by atoms with Gasteiger partial charge in [0.25, 0.3) is 0 Å². The van der Waals surface area contributed by atoms with Gasteiger partial charge in [0.2, 0.25) is 0 Å². The molecule has 7 heteroatoms. The summed E-state index contributed by atoms with van der Waals surface area (Å²) < 4.78 is 38.9. The van der Waals surface area contributed by atoms with Gasteiger partial charge in [0.15, 0.2) is 0 Å². The Bertz CT molecular complexity index is 121. The van der Waals surface area contributed by atoms with Crippen LogP contribution in [0, 0.1) is 0 Å². The molecule has 0 radical (unpaired) electrons. The van der Waals surface area contributed by atoms with Gasteiger partial charge in [0.1, 0.15) is 0 Å². The first kappa shape index (κ1) is 11.7. The molecule has 1 aliphatic heterocycles. The van der Waals surface area contributed by atoms with Crippen molar-refractivity contribution in [1.82, 2.24) is 0 Å². The molecule has 1 aliphatic rings. The fraction of sp³-hybridized carbons (Fsp3) is 1.00. The van der Waals surface area contributed by atoms with Gasteiger partial charge in [-0.1, -0.05) is 0 Å². The van der Waals surface area contributed by atoms with Crippen molar-refractivity contribution in [1.29, 1.82) is 0 Å². The van der Waals surface area contributed by atoms with Crippen LogP contribution >= 0.6 is 11.6 Å². The van der Waals surface area contributed by atoms with Crippen LogP contribution in [0.25, 0.3) is 0 Å². The van der Waals surface area contributed by atoms with E-state index < -0.39 is 19.1 Å². The van der Waals surface area contributed by atoms with E-state index in [-0.39, 0.29) is 57.3 Å². The molecule has 0 bridgehead atoms. The van der Waals surface area contributed by atoms with Crippen LogP contribution in [0.15, 0.2) is 0 Å². The Kier molecular flexibility index (Phi) is 4.83. The first-order valence-electron chi connectivity index (χ1n) is 2.47. The van der Waals surface area contributed by atoms with Crippen molar-refractivity contribution in [2.45, 2.75) is 12.1 Å². The quantitative estimate of drug-likeness (QED) is 0.295. The van der Waals surface area contributed by atoms with Gasteiger partial charge in [-0.2, -0.15) is 0 Å². The summed E-state index contributed by atoms with van der Waals surface area (Å²) in [6, 6.07) is -1.54. The predicted octanol–water partition coefficient (Wildman–Crippen LogP) is -1.62. The van der Waals surface area contributed by atoms with Crippen LogP contribution in [0.5, 0.6) is 0 Å². The molecule has 2 unspecified atom stereocenters. The zero-order valence-electron chi connectivity index (χ0n) is 5.36. The van der Waals surface area contributed by atoms with Crippen LogP contribution < -0.4 is 51.4 Å². The van der Waals surface area contributed by atoms with E-state index in [4.69, 9.17) is 11.6 Å². The van der Waals surface area contributed by atoms with Crippen molar-refractivity contribution in [2.75, 3.05) is 5.88 Å². The van der Waals surface area contributed by atoms with Crippen molar-refractivity contribution in [3.05, 3.63) is 0 Å². The van der Waals surface area contributed by atoms with Gasteiger partial charge in [-0.05, 0) is 0 Å². The van der Waals surface area contributed by atoms with Crippen LogP contribution in [0.3, 0.4) is 0 Å². The van der Waals surface area contributed by atoms with E-state index >= 15 is 0 Å². The zero-order valence-corrected chi connectivity index (χ0v) is 9.24. The zero-order chi connectivity index (χ0) is 7.07. The topological polar surface area (TPSA) is 12.5 Å². The second kappa shape index (κ2) is 4.11. The maximum absolute atomic E-state index is 11.6. The molecule has 54 valence electrons. The molecule has 10 heavy (non-hydrogen) atoms. The minimum absolute atomic E-state index is 0. The second-order valence-electron chi connectivity index (χ2n) is 1.92. The van der Waals surface area contributed by atoms with Gasteiger partial charge < -0.3 is 17.7 Å². The summed E-state index contributed by atoms with van der Waals surface area (Å²) in [5, 5.41) is 0. The van der Waals surface area contributed by atoms with Crippen molar-refractivity contribution >= 4 is 18.6 Å². The standard InChI is InChI=1S/C3H4BClF3O.K/c5-1-2-3(9-2)4(6,7)8;/h2-3H,1H2;/q-1;+1. The molecule has 1 nitrogen and oxygen atoms in total. The van der Waals surface area contributed by atoms with Crippen LogP contribution in [0.1, 0.15) is 0 Å². The van der Waals surface area contributed by atoms with Crippen molar-refractivity contribution in [3.63, 3.8) is 0 Å². The average molecular weight is 198 g/mol. The summed E-state index contributed by atoms with van der Waals surface area (Å²) in [5.74, 6) is -0.0636. The normalized spacial score (nSPS) is 31.2. The van der Waals surface area contributed by atoms with Gasteiger partial charge in [-0.3, -0.25) is 0 Å². The first-order chi connectivity index (χ1) is 4.05. The molecule has 1 heterocycles. The molecule has 0 amide bonds. The molecule has 0 aromatic heterocycles. The molecule has 1 saturated heterocycles. The smallest absolute Gasteiger partial charge is 0.447 e. The number of rotatable bonds is 2. The maximum Gasteiger partial charge on any atom is 1.00 e. The van der Waals surface area contributed by atoms with Crippen LogP contribution in [0.4, 0.5) is 12.9 Å². The molecule has 0 spiro atoms. The minimum atomic E-state index is -4.80. The first-order valence-corrected chi connectivity index (χ1v) is 3.00. The monoisotopic (exact) mass is 198 g/mol. The molecular weight excluding hydrogens is 194 g/mol. The summed E-state index contributed by atoms with van der Waals surface area (Å²) in [5.41, 5.74) is 0. The van der Waals surface area contributed by atoms with E-state index in [1.54, 1.807) is 0 Å². The summed E-state index contributed by atoms with van der Waals surface area (Å²) in [6.07, 6.45) is -0.772. The number of halogens is 4. The molecule has 2 atom stereocenters. The number of hydrogen-bond donors (Lipinski definition) is 0. The Labute approximate surface area is 104 Å². The van der Waals surface area contributed by atoms with Gasteiger partial charge in [0.05, 0.1) is 12.1 Å². The molecule has 0 N–H and O–H groups in total. The Morgan fingerprint density at radius 2 is 1.90 bits per heavy atom. The van der Waals surface area contributed by atoms with Crippen LogP contribution in [0.2, 0.25) is 0 Å². The van der Waals surface area contributed by atoms with Gasteiger partial charge in [-0.25, -0.2) is 0 Å². The number of alkyl halides is 1. The van der Waals surface area contributed by atoms with E-state index in [0.29, 0.717) is 0 Å². The SMILES string of the molecule is F[B-](F)(F)C1OC1CCl.[K+]. The van der Waals surface area contributed by atoms with Crippen molar-refractivity contribution in [2.24, 2.45) is 0 Å². The van der Waals surface area contributed by atoms with Crippen LogP contribution in [-0.4, -0.2) is 25.0 Å². The van der Waals surface area contributed by atoms with E-state index in [1.807, 2.05) is 0 Å². The van der Waals surface area contributed by atoms with Crippen molar-refractivity contribution < 1.29 is 69.1 Å². The third kappa shape index (κ3) is 3.00. The summed E-state index contributed by atoms with van der Waals surface area (Å²) in [6.45, 7) is -4.80. The van der Waals surface area contributed by atoms with E-state index in [1.165, 1.54) is 0 Å². The fourth-order valence-electron chi connectivity index (χ4n) is 0.613. The number of epoxide rings is 1. The Balaban J connectivity index is 0.000000810. The van der Waals surface area contributed by atoms with Crippen LogP contribution in [-0.2, 0) is 4.74 Å². The van der Waals surface area contributed by atoms with Gasteiger partial charge >= 0.3 is 58.4 Å². The largest absolute Gasteiger partial charge is 1.00 e. The molecule has 0 aromatic carbocycles. The van der Waals surface area contributed by atoms with Gasteiger partial charge in [0, 0.05) is 5.88 Å². The number of ether oxygens (including phenoxy) is 1. The van der Waals surface area contributed by atoms with E-state index in [9.17, 15) is 12.9 Å². The second-order valence-corrected chi connectivity index (χ2v) is 2.23. The summed E-state index contributed by atoms with van der Waals surface area (Å²) >= 11 is 5.08. The van der Waals surface area contributed by atoms with Crippen molar-refractivity contribution in [3.8, 4) is 0 Å². The molecule has 0 aliphatic carbocycles. The summed E-state index contributed by atoms with van der Waals surface area (Å²) in [7, 11) is 0. The predicted molar refractivity (Wildman–Crippen MR) is 28.5 cm³/mol. The molecular formula is C3H4BClF3KO. The Morgan fingerprint density at radius 1 is 1.40 bits per heavy atom. The van der Waals surface area contributed by atoms with E-state index in [0.717, 1.165) is 0 Å². The molecule has 1 fully saturated rings. The molecule has 0 aromatic rings. The molecule has 1 rings (SSSR count).